The van der Waals surface area contributed by atoms with E-state index in [0.717, 1.165) is 6.08 Å². The second-order valence-corrected chi connectivity index (χ2v) is 8.49. The number of rotatable bonds is 6. The number of allylic oxidation sites excluding steroid dienone is 3. The normalized spacial score (nSPS) is 15.8. The largest absolute Gasteiger partial charge is 0.507 e. The molecule has 0 amide bonds. The van der Waals surface area contributed by atoms with Crippen LogP contribution in [0.4, 0.5) is 0 Å². The molecule has 0 spiro atoms. The molecule has 192 valence electrons. The summed E-state index contributed by atoms with van der Waals surface area (Å²) in [6, 6.07) is 2.51. The Bertz CT molecular complexity index is 1470. The highest BCUT2D eigenvalue weighted by Crippen LogP contribution is 2.48. The van der Waals surface area contributed by atoms with Crippen LogP contribution >= 0.6 is 0 Å². The van der Waals surface area contributed by atoms with E-state index in [1.165, 1.54) is 40.4 Å². The van der Waals surface area contributed by atoms with E-state index >= 15 is 0 Å². The number of aliphatic hydroxyl groups excluding tert-OH is 1. The molecule has 37 heavy (non-hydrogen) atoms. The second kappa shape index (κ2) is 9.12. The van der Waals surface area contributed by atoms with Crippen molar-refractivity contribution in [2.24, 2.45) is 0 Å². The maximum absolute atomic E-state index is 13.2. The summed E-state index contributed by atoms with van der Waals surface area (Å²) in [6.07, 6.45) is 1.24. The van der Waals surface area contributed by atoms with Gasteiger partial charge >= 0.3 is 0 Å². The molecule has 4 rings (SSSR count). The van der Waals surface area contributed by atoms with Crippen molar-refractivity contribution in [1.29, 1.82) is 0 Å². The molecule has 0 aliphatic heterocycles. The number of Topliss-reactive ketones (excluding diaryl/α,β-unsaturated/α-hetero) is 3. The van der Waals surface area contributed by atoms with Crippen molar-refractivity contribution in [3.63, 3.8) is 0 Å². The van der Waals surface area contributed by atoms with Crippen molar-refractivity contribution in [2.45, 2.75) is 26.2 Å². The first-order chi connectivity index (χ1) is 17.5. The lowest BCUT2D eigenvalue weighted by atomic mass is 9.77. The van der Waals surface area contributed by atoms with Gasteiger partial charge in [-0.05, 0) is 18.6 Å². The molecule has 0 radical (unpaired) electrons. The Morgan fingerprint density at radius 2 is 1.38 bits per heavy atom. The minimum absolute atomic E-state index is 0.0678. The van der Waals surface area contributed by atoms with Crippen molar-refractivity contribution in [3.05, 3.63) is 62.9 Å². The fraction of sp³-hybridized carbons (Fsp3) is 0.259. The molecule has 0 unspecified atom stereocenters. The molecule has 10 nitrogen and oxygen atoms in total. The molecule has 3 N–H and O–H groups in total. The fourth-order valence-corrected chi connectivity index (χ4v) is 4.88. The van der Waals surface area contributed by atoms with Gasteiger partial charge in [0.25, 0.3) is 0 Å². The summed E-state index contributed by atoms with van der Waals surface area (Å²) in [4.78, 5) is 51.8. The number of ketones is 4. The van der Waals surface area contributed by atoms with E-state index in [1.54, 1.807) is 6.92 Å². The van der Waals surface area contributed by atoms with Crippen LogP contribution in [0.1, 0.15) is 67.5 Å². The number of phenolic OH excluding ortho intramolecular Hbond substituents is 2. The lowest BCUT2D eigenvalue weighted by molar-refractivity contribution is -0.112. The number of carbonyl (C=O) groups excluding carboxylic acids is 4. The monoisotopic (exact) mass is 508 g/mol. The van der Waals surface area contributed by atoms with Gasteiger partial charge in [-0.3, -0.25) is 19.2 Å². The Morgan fingerprint density at radius 3 is 1.95 bits per heavy atom. The molecule has 1 atom stereocenters. The molecule has 0 aromatic heterocycles. The van der Waals surface area contributed by atoms with E-state index in [2.05, 4.69) is 0 Å². The topological polar surface area (TPSA) is 157 Å². The molecule has 0 bridgehead atoms. The van der Waals surface area contributed by atoms with Crippen LogP contribution in [0.2, 0.25) is 0 Å². The Labute approximate surface area is 211 Å². The van der Waals surface area contributed by atoms with Crippen molar-refractivity contribution < 1.29 is 48.7 Å². The van der Waals surface area contributed by atoms with Gasteiger partial charge in [-0.2, -0.15) is 0 Å². The number of ether oxygens (including phenoxy) is 3. The average Bonchev–Trinajstić information content (AvgIpc) is 2.87. The molecule has 2 aliphatic rings. The van der Waals surface area contributed by atoms with E-state index < -0.39 is 51.9 Å². The first-order valence-corrected chi connectivity index (χ1v) is 11.3. The van der Waals surface area contributed by atoms with Crippen LogP contribution in [-0.4, -0.2) is 59.8 Å². The molecular formula is C27H24O10. The Balaban J connectivity index is 1.99. The van der Waals surface area contributed by atoms with Gasteiger partial charge in [-0.15, -0.1) is 0 Å². The summed E-state index contributed by atoms with van der Waals surface area (Å²) < 4.78 is 15.5. The van der Waals surface area contributed by atoms with Gasteiger partial charge < -0.3 is 29.5 Å². The molecule has 0 heterocycles. The first kappa shape index (κ1) is 25.5. The molecule has 0 saturated heterocycles. The highest BCUT2D eigenvalue weighted by atomic mass is 16.5. The molecule has 2 aromatic carbocycles. The summed E-state index contributed by atoms with van der Waals surface area (Å²) >= 11 is 0. The van der Waals surface area contributed by atoms with Gasteiger partial charge in [0.05, 0.1) is 38.0 Å². The van der Waals surface area contributed by atoms with Gasteiger partial charge in [-0.25, -0.2) is 0 Å². The number of phenols is 2. The zero-order valence-corrected chi connectivity index (χ0v) is 20.7. The van der Waals surface area contributed by atoms with Gasteiger partial charge in [0, 0.05) is 34.2 Å². The highest BCUT2D eigenvalue weighted by Gasteiger charge is 2.42. The van der Waals surface area contributed by atoms with E-state index in [-0.39, 0.29) is 45.1 Å². The fourth-order valence-electron chi connectivity index (χ4n) is 4.88. The lowest BCUT2D eigenvalue weighted by Gasteiger charge is -2.27. The lowest BCUT2D eigenvalue weighted by Crippen LogP contribution is -2.28. The third-order valence-corrected chi connectivity index (χ3v) is 6.71. The zero-order valence-electron chi connectivity index (χ0n) is 20.7. The zero-order chi connectivity index (χ0) is 27.3. The molecular weight excluding hydrogens is 484 g/mol. The number of fused-ring (bicyclic) bond motifs is 2. The number of carbonyl (C=O) groups is 4. The molecule has 2 aliphatic carbocycles. The second-order valence-electron chi connectivity index (χ2n) is 8.49. The summed E-state index contributed by atoms with van der Waals surface area (Å²) in [5.74, 6) is -6.48. The number of methoxy groups -OCH3 is 3. The van der Waals surface area contributed by atoms with E-state index in [0.29, 0.717) is 12.0 Å². The van der Waals surface area contributed by atoms with E-state index in [4.69, 9.17) is 14.2 Å². The Hall–Kier alpha value is -4.60. The summed E-state index contributed by atoms with van der Waals surface area (Å²) in [5, 5.41) is 33.2. The summed E-state index contributed by atoms with van der Waals surface area (Å²) in [5.41, 5.74) is -1.17. The van der Waals surface area contributed by atoms with Crippen molar-refractivity contribution in [3.8, 4) is 23.0 Å². The third-order valence-electron chi connectivity index (χ3n) is 6.71. The quantitative estimate of drug-likeness (QED) is 0.494. The minimum atomic E-state index is -1.20. The highest BCUT2D eigenvalue weighted by molar-refractivity contribution is 6.52. The Morgan fingerprint density at radius 1 is 0.784 bits per heavy atom. The van der Waals surface area contributed by atoms with Crippen LogP contribution in [0.15, 0.2) is 29.5 Å². The van der Waals surface area contributed by atoms with Crippen LogP contribution in [0.3, 0.4) is 0 Å². The predicted octanol–water partition coefficient (Wildman–Crippen LogP) is 3.42. The van der Waals surface area contributed by atoms with Gasteiger partial charge in [-0.1, -0.05) is 13.8 Å². The van der Waals surface area contributed by atoms with Crippen molar-refractivity contribution in [2.75, 3.05) is 21.3 Å². The number of hydrogen-bond donors (Lipinski definition) is 3. The molecule has 0 saturated carbocycles. The smallest absolute Gasteiger partial charge is 0.234 e. The molecule has 2 aromatic rings. The van der Waals surface area contributed by atoms with Crippen LogP contribution in [-0.2, 0) is 16.0 Å². The predicted molar refractivity (Wildman–Crippen MR) is 130 cm³/mol. The van der Waals surface area contributed by atoms with Crippen molar-refractivity contribution >= 4 is 28.9 Å². The standard InChI is InChI=1S/C27H24O10/c1-6-11-15(35-3)7-13-21(23(11)30)26(33)19(27(34)24(13)31)10(2)18-16(36-4)8-12-20(25(18)32)14(28)9-17(37-5)22(12)29/h7-10,30,32-33H,6H2,1-5H3/t10-/m1/s1. The third kappa shape index (κ3) is 3.55. The number of aromatic hydroxyl groups is 2. The van der Waals surface area contributed by atoms with E-state index in [1.807, 2.05) is 0 Å². The maximum atomic E-state index is 13.2. The van der Waals surface area contributed by atoms with Crippen LogP contribution in [0.25, 0.3) is 5.76 Å². The van der Waals surface area contributed by atoms with Crippen LogP contribution < -0.4 is 9.47 Å². The number of hydrogen-bond acceptors (Lipinski definition) is 10. The minimum Gasteiger partial charge on any atom is -0.507 e. The average molecular weight is 508 g/mol. The van der Waals surface area contributed by atoms with E-state index in [9.17, 15) is 34.5 Å². The van der Waals surface area contributed by atoms with Crippen LogP contribution in [0.5, 0.6) is 23.0 Å². The molecule has 0 fully saturated rings. The first-order valence-electron chi connectivity index (χ1n) is 11.3. The summed E-state index contributed by atoms with van der Waals surface area (Å²) in [6.45, 7) is 3.15. The van der Waals surface area contributed by atoms with Crippen LogP contribution in [0, 0.1) is 0 Å². The molecule has 10 heteroatoms. The van der Waals surface area contributed by atoms with Crippen molar-refractivity contribution in [1.82, 2.24) is 0 Å². The Kier molecular flexibility index (Phi) is 6.29. The SMILES string of the molecule is CCc1c(OC)cc2c(c1O)C(O)=C([C@H](C)c1c(OC)cc3c(c1O)C(=O)C=C(OC)C3=O)C(=O)C2=O. The van der Waals surface area contributed by atoms with Gasteiger partial charge in [0.15, 0.2) is 11.5 Å². The van der Waals surface area contributed by atoms with Gasteiger partial charge in [0.2, 0.25) is 17.3 Å². The number of aliphatic hydroxyl groups is 1. The van der Waals surface area contributed by atoms with Gasteiger partial charge in [0.1, 0.15) is 28.8 Å². The summed E-state index contributed by atoms with van der Waals surface area (Å²) in [7, 11) is 3.83. The number of benzene rings is 2. The maximum Gasteiger partial charge on any atom is 0.234 e.